The number of nitrogens with zero attached hydrogens (tertiary/aromatic N) is 2. The molecular weight excluding hydrogens is 264 g/mol. The van der Waals surface area contributed by atoms with Gasteiger partial charge >= 0.3 is 0 Å². The first-order valence-electron chi connectivity index (χ1n) is 7.23. The molecule has 5 heteroatoms. The second kappa shape index (κ2) is 6.74. The standard InChI is InChI=1S/C16H24N4O/c1-5-11(2)20(3)10-13-8-12-6-7-14(21-4)9-15(12)18-16(13)19-17/h6-9,11H,5,10,17H2,1-4H3,(H,18,19). The SMILES string of the molecule is CCC(C)N(C)Cc1cc2ccc(OC)cc2nc1NN. The number of aromatic nitrogens is 1. The normalized spacial score (nSPS) is 12.7. The molecule has 0 aliphatic heterocycles. The fraction of sp³-hybridized carbons (Fsp3) is 0.438. The quantitative estimate of drug-likeness (QED) is 0.632. The number of hydrogen-bond donors (Lipinski definition) is 2. The van der Waals surface area contributed by atoms with Gasteiger partial charge in [-0.25, -0.2) is 10.8 Å². The molecule has 114 valence electrons. The van der Waals surface area contributed by atoms with Crippen molar-refractivity contribution in [2.75, 3.05) is 19.6 Å². The Morgan fingerprint density at radius 1 is 1.38 bits per heavy atom. The summed E-state index contributed by atoms with van der Waals surface area (Å²) in [7, 11) is 3.77. The number of pyridine rings is 1. The zero-order valence-electron chi connectivity index (χ0n) is 13.2. The van der Waals surface area contributed by atoms with Crippen molar-refractivity contribution < 1.29 is 4.74 Å². The van der Waals surface area contributed by atoms with Gasteiger partial charge in [-0.1, -0.05) is 6.92 Å². The number of nitrogens with one attached hydrogen (secondary N) is 1. The molecule has 5 nitrogen and oxygen atoms in total. The minimum absolute atomic E-state index is 0.516. The van der Waals surface area contributed by atoms with E-state index in [2.05, 4.69) is 42.3 Å². The van der Waals surface area contributed by atoms with Gasteiger partial charge in [-0.05, 0) is 38.6 Å². The number of anilines is 1. The summed E-state index contributed by atoms with van der Waals surface area (Å²) in [6.45, 7) is 5.21. The highest BCUT2D eigenvalue weighted by atomic mass is 16.5. The maximum Gasteiger partial charge on any atom is 0.145 e. The lowest BCUT2D eigenvalue weighted by Gasteiger charge is -2.24. The van der Waals surface area contributed by atoms with Crippen LogP contribution < -0.4 is 16.0 Å². The van der Waals surface area contributed by atoms with Crippen molar-refractivity contribution in [3.8, 4) is 5.75 Å². The molecule has 0 fully saturated rings. The third-order valence-electron chi connectivity index (χ3n) is 4.00. The number of methoxy groups -OCH3 is 1. The second-order valence-electron chi connectivity index (χ2n) is 5.37. The van der Waals surface area contributed by atoms with Gasteiger partial charge < -0.3 is 10.2 Å². The Balaban J connectivity index is 2.39. The van der Waals surface area contributed by atoms with Gasteiger partial charge in [0, 0.05) is 29.6 Å². The van der Waals surface area contributed by atoms with Crippen LogP contribution in [-0.4, -0.2) is 30.1 Å². The average Bonchev–Trinajstić information content (AvgIpc) is 2.52. The molecule has 21 heavy (non-hydrogen) atoms. The molecule has 1 heterocycles. The molecular formula is C16H24N4O. The van der Waals surface area contributed by atoms with E-state index in [1.54, 1.807) is 7.11 Å². The molecule has 1 aromatic carbocycles. The number of fused-ring (bicyclic) bond motifs is 1. The van der Waals surface area contributed by atoms with Gasteiger partial charge in [-0.2, -0.15) is 0 Å². The Morgan fingerprint density at radius 2 is 2.14 bits per heavy atom. The fourth-order valence-electron chi connectivity index (χ4n) is 2.30. The van der Waals surface area contributed by atoms with E-state index in [-0.39, 0.29) is 0 Å². The highest BCUT2D eigenvalue weighted by Gasteiger charge is 2.12. The first-order chi connectivity index (χ1) is 10.1. The monoisotopic (exact) mass is 288 g/mol. The Labute approximate surface area is 126 Å². The van der Waals surface area contributed by atoms with Crippen LogP contribution in [0.1, 0.15) is 25.8 Å². The van der Waals surface area contributed by atoms with Gasteiger partial charge in [0.1, 0.15) is 11.6 Å². The van der Waals surface area contributed by atoms with Gasteiger partial charge in [-0.3, -0.25) is 4.90 Å². The molecule has 0 spiro atoms. The summed E-state index contributed by atoms with van der Waals surface area (Å²) < 4.78 is 5.24. The van der Waals surface area contributed by atoms with Crippen molar-refractivity contribution in [1.29, 1.82) is 0 Å². The average molecular weight is 288 g/mol. The second-order valence-corrected chi connectivity index (χ2v) is 5.37. The minimum atomic E-state index is 0.516. The van der Waals surface area contributed by atoms with Crippen LogP contribution >= 0.6 is 0 Å². The summed E-state index contributed by atoms with van der Waals surface area (Å²) in [6.07, 6.45) is 1.11. The molecule has 1 aromatic heterocycles. The zero-order chi connectivity index (χ0) is 15.4. The molecule has 0 bridgehead atoms. The van der Waals surface area contributed by atoms with E-state index in [0.29, 0.717) is 11.9 Å². The molecule has 0 aliphatic carbocycles. The molecule has 0 saturated carbocycles. The summed E-state index contributed by atoms with van der Waals surface area (Å²) in [5.41, 5.74) is 4.68. The van der Waals surface area contributed by atoms with Crippen molar-refractivity contribution in [3.63, 3.8) is 0 Å². The number of ether oxygens (including phenoxy) is 1. The Morgan fingerprint density at radius 3 is 2.76 bits per heavy atom. The predicted molar refractivity (Wildman–Crippen MR) is 87.3 cm³/mol. The van der Waals surface area contributed by atoms with Crippen molar-refractivity contribution in [3.05, 3.63) is 29.8 Å². The van der Waals surface area contributed by atoms with Crippen molar-refractivity contribution in [2.24, 2.45) is 5.84 Å². The molecule has 1 atom stereocenters. The number of rotatable bonds is 6. The lowest BCUT2D eigenvalue weighted by molar-refractivity contribution is 0.244. The number of benzene rings is 1. The van der Waals surface area contributed by atoms with E-state index >= 15 is 0 Å². The smallest absolute Gasteiger partial charge is 0.145 e. The third-order valence-corrected chi connectivity index (χ3v) is 4.00. The molecule has 2 rings (SSSR count). The molecule has 3 N–H and O–H groups in total. The van der Waals surface area contributed by atoms with Gasteiger partial charge in [0.25, 0.3) is 0 Å². The third kappa shape index (κ3) is 3.43. The van der Waals surface area contributed by atoms with E-state index in [1.807, 2.05) is 18.2 Å². The summed E-state index contributed by atoms with van der Waals surface area (Å²) in [5.74, 6) is 7.14. The minimum Gasteiger partial charge on any atom is -0.497 e. The molecule has 0 radical (unpaired) electrons. The van der Waals surface area contributed by atoms with E-state index in [9.17, 15) is 0 Å². The number of hydrogen-bond acceptors (Lipinski definition) is 5. The summed E-state index contributed by atoms with van der Waals surface area (Å²) in [5, 5.41) is 1.09. The highest BCUT2D eigenvalue weighted by Crippen LogP contribution is 2.25. The number of nitrogens with two attached hydrogens (primary N) is 1. The van der Waals surface area contributed by atoms with Crippen LogP contribution in [-0.2, 0) is 6.54 Å². The van der Waals surface area contributed by atoms with Gasteiger partial charge in [-0.15, -0.1) is 0 Å². The number of nitrogen functional groups attached to an aromatic ring is 1. The van der Waals surface area contributed by atoms with Crippen LogP contribution in [0.5, 0.6) is 5.75 Å². The van der Waals surface area contributed by atoms with Crippen LogP contribution in [0.3, 0.4) is 0 Å². The maximum atomic E-state index is 5.63. The topological polar surface area (TPSA) is 63.4 Å². The van der Waals surface area contributed by atoms with Crippen LogP contribution in [0.15, 0.2) is 24.3 Å². The van der Waals surface area contributed by atoms with Crippen LogP contribution in [0, 0.1) is 0 Å². The van der Waals surface area contributed by atoms with E-state index in [0.717, 1.165) is 35.2 Å². The first kappa shape index (κ1) is 15.5. The van der Waals surface area contributed by atoms with Crippen molar-refractivity contribution in [2.45, 2.75) is 32.9 Å². The van der Waals surface area contributed by atoms with E-state index in [1.165, 1.54) is 0 Å². The molecule has 1 unspecified atom stereocenters. The van der Waals surface area contributed by atoms with Crippen LogP contribution in [0.4, 0.5) is 5.82 Å². The summed E-state index contributed by atoms with van der Waals surface area (Å²) in [4.78, 5) is 6.90. The van der Waals surface area contributed by atoms with E-state index in [4.69, 9.17) is 10.6 Å². The van der Waals surface area contributed by atoms with Crippen molar-refractivity contribution >= 4 is 16.7 Å². The Kier molecular flexibility index (Phi) is 4.98. The maximum absolute atomic E-state index is 5.63. The predicted octanol–water partition coefficient (Wildman–Crippen LogP) is 2.76. The summed E-state index contributed by atoms with van der Waals surface area (Å²) in [6, 6.07) is 8.53. The van der Waals surface area contributed by atoms with Crippen LogP contribution in [0.25, 0.3) is 10.9 Å². The lowest BCUT2D eigenvalue weighted by Crippen LogP contribution is -2.28. The van der Waals surface area contributed by atoms with Crippen molar-refractivity contribution in [1.82, 2.24) is 9.88 Å². The van der Waals surface area contributed by atoms with Gasteiger partial charge in [0.15, 0.2) is 0 Å². The van der Waals surface area contributed by atoms with Gasteiger partial charge in [0.05, 0.1) is 12.6 Å². The largest absolute Gasteiger partial charge is 0.497 e. The molecule has 0 amide bonds. The Bertz CT molecular complexity index is 614. The first-order valence-corrected chi connectivity index (χ1v) is 7.23. The summed E-state index contributed by atoms with van der Waals surface area (Å²) >= 11 is 0. The zero-order valence-corrected chi connectivity index (χ0v) is 13.2. The van der Waals surface area contributed by atoms with E-state index < -0.39 is 0 Å². The van der Waals surface area contributed by atoms with Crippen LogP contribution in [0.2, 0.25) is 0 Å². The molecule has 0 aliphatic rings. The molecule has 2 aromatic rings. The number of hydrazine groups is 1. The van der Waals surface area contributed by atoms with Gasteiger partial charge in [0.2, 0.25) is 0 Å². The fourth-order valence-corrected chi connectivity index (χ4v) is 2.30. The Hall–Kier alpha value is -1.85. The lowest BCUT2D eigenvalue weighted by atomic mass is 10.1. The highest BCUT2D eigenvalue weighted by molar-refractivity contribution is 5.83. The molecule has 0 saturated heterocycles.